The van der Waals surface area contributed by atoms with Crippen molar-refractivity contribution in [3.63, 3.8) is 0 Å². The lowest BCUT2D eigenvalue weighted by molar-refractivity contribution is -0.385. The number of nitrogens with zero attached hydrogens (tertiary/aromatic N) is 2. The number of nitro groups is 1. The number of carbonyl (C=O) groups is 1. The van der Waals surface area contributed by atoms with Crippen LogP contribution < -0.4 is 10.6 Å². The number of non-ortho nitro benzene ring substituents is 1. The first-order valence-corrected chi connectivity index (χ1v) is 10.4. The number of hydrogen-bond acceptors (Lipinski definition) is 6. The number of piperidine rings is 1. The van der Waals surface area contributed by atoms with Gasteiger partial charge in [-0.05, 0) is 45.3 Å². The van der Waals surface area contributed by atoms with Gasteiger partial charge in [-0.25, -0.2) is 8.42 Å². The summed E-state index contributed by atoms with van der Waals surface area (Å²) in [7, 11) is -1.98. The van der Waals surface area contributed by atoms with Gasteiger partial charge >= 0.3 is 0 Å². The highest BCUT2D eigenvalue weighted by Gasteiger charge is 2.33. The number of sulfonamides is 1. The van der Waals surface area contributed by atoms with E-state index in [0.29, 0.717) is 24.9 Å². The van der Waals surface area contributed by atoms with Gasteiger partial charge in [0.1, 0.15) is 0 Å². The normalized spacial score (nSPS) is 15.6. The predicted octanol–water partition coefficient (Wildman–Crippen LogP) is 1.45. The zero-order valence-corrected chi connectivity index (χ0v) is 17.6. The maximum atomic E-state index is 12.9. The molecule has 0 bridgehead atoms. The number of carbonyl (C=O) groups excluding carboxylic acids is 1. The topological polar surface area (TPSA) is 122 Å². The second-order valence-electron chi connectivity index (χ2n) is 6.63. The molecule has 0 spiro atoms. The average molecular weight is 435 g/mol. The first-order chi connectivity index (χ1) is 12.8. The first-order valence-electron chi connectivity index (χ1n) is 8.95. The number of halogens is 1. The van der Waals surface area contributed by atoms with Crippen LogP contribution in [0, 0.1) is 23.0 Å². The highest BCUT2D eigenvalue weighted by atomic mass is 35.5. The molecule has 2 N–H and O–H groups in total. The molecule has 0 aliphatic carbocycles. The van der Waals surface area contributed by atoms with Gasteiger partial charge in [-0.2, -0.15) is 4.31 Å². The summed E-state index contributed by atoms with van der Waals surface area (Å²) in [4.78, 5) is 22.5. The van der Waals surface area contributed by atoms with Gasteiger partial charge in [-0.3, -0.25) is 14.9 Å². The lowest BCUT2D eigenvalue weighted by Gasteiger charge is -2.30. The van der Waals surface area contributed by atoms with Gasteiger partial charge in [-0.15, -0.1) is 12.4 Å². The zero-order valence-electron chi connectivity index (χ0n) is 16.0. The van der Waals surface area contributed by atoms with Crippen LogP contribution >= 0.6 is 12.4 Å². The van der Waals surface area contributed by atoms with E-state index in [-0.39, 0.29) is 47.9 Å². The minimum Gasteiger partial charge on any atom is -0.356 e. The Kier molecular flexibility index (Phi) is 9.28. The largest absolute Gasteiger partial charge is 0.356 e. The standard InChI is InChI=1S/C17H26N4O5S.ClH/c1-13-4-5-15(21(23)24)12-16(13)27(25,26)20-10-6-14(7-11-20)17(22)19-9-3-8-18-2;/h4-5,12,14,18H,3,6-11H2,1-2H3,(H,19,22);1H. The van der Waals surface area contributed by atoms with Crippen molar-refractivity contribution in [1.29, 1.82) is 0 Å². The van der Waals surface area contributed by atoms with Crippen LogP contribution in [-0.2, 0) is 14.8 Å². The van der Waals surface area contributed by atoms with E-state index in [0.717, 1.165) is 19.0 Å². The summed E-state index contributed by atoms with van der Waals surface area (Å²) in [6.45, 7) is 3.46. The van der Waals surface area contributed by atoms with Crippen molar-refractivity contribution in [1.82, 2.24) is 14.9 Å². The summed E-state index contributed by atoms with van der Waals surface area (Å²) in [5, 5.41) is 16.8. The highest BCUT2D eigenvalue weighted by molar-refractivity contribution is 7.89. The SMILES string of the molecule is CNCCCNC(=O)C1CCN(S(=O)(=O)c2cc([N+](=O)[O-])ccc2C)CC1.Cl. The smallest absolute Gasteiger partial charge is 0.270 e. The van der Waals surface area contributed by atoms with Crippen LogP contribution in [0.5, 0.6) is 0 Å². The summed E-state index contributed by atoms with van der Waals surface area (Å²) < 4.78 is 27.1. The maximum Gasteiger partial charge on any atom is 0.270 e. The molecule has 0 aromatic heterocycles. The van der Waals surface area contributed by atoms with Crippen molar-refractivity contribution in [2.24, 2.45) is 5.92 Å². The van der Waals surface area contributed by atoms with Crippen molar-refractivity contribution < 1.29 is 18.1 Å². The Morgan fingerprint density at radius 3 is 2.50 bits per heavy atom. The number of nitrogens with one attached hydrogen (secondary N) is 2. The molecule has 28 heavy (non-hydrogen) atoms. The average Bonchev–Trinajstić information content (AvgIpc) is 2.65. The first kappa shape index (κ1) is 24.3. The van der Waals surface area contributed by atoms with Crippen LogP contribution in [0.1, 0.15) is 24.8 Å². The lowest BCUT2D eigenvalue weighted by atomic mass is 9.97. The molecule has 2 rings (SSSR count). The van der Waals surface area contributed by atoms with Crippen molar-refractivity contribution in [3.05, 3.63) is 33.9 Å². The van der Waals surface area contributed by atoms with Crippen LogP contribution in [0.4, 0.5) is 5.69 Å². The van der Waals surface area contributed by atoms with Crippen LogP contribution in [0.3, 0.4) is 0 Å². The van der Waals surface area contributed by atoms with Crippen molar-refractivity contribution in [2.45, 2.75) is 31.1 Å². The van der Waals surface area contributed by atoms with Crippen molar-refractivity contribution in [3.8, 4) is 0 Å². The monoisotopic (exact) mass is 434 g/mol. The van der Waals surface area contributed by atoms with E-state index < -0.39 is 14.9 Å². The van der Waals surface area contributed by atoms with E-state index in [1.165, 1.54) is 16.4 Å². The van der Waals surface area contributed by atoms with E-state index in [9.17, 15) is 23.3 Å². The maximum absolute atomic E-state index is 12.9. The third-order valence-electron chi connectivity index (χ3n) is 4.73. The molecular weight excluding hydrogens is 408 g/mol. The number of nitro benzene ring substituents is 1. The third kappa shape index (κ3) is 5.87. The quantitative estimate of drug-likeness (QED) is 0.363. The molecular formula is C17H27ClN4O5S. The molecule has 0 unspecified atom stereocenters. The fourth-order valence-electron chi connectivity index (χ4n) is 3.10. The van der Waals surface area contributed by atoms with Gasteiger partial charge in [0.15, 0.2) is 0 Å². The molecule has 1 aliphatic heterocycles. The molecule has 1 saturated heterocycles. The van der Waals surface area contributed by atoms with Gasteiger partial charge < -0.3 is 10.6 Å². The number of amides is 1. The Labute approximate surface area is 171 Å². The summed E-state index contributed by atoms with van der Waals surface area (Å²) in [5.41, 5.74) is 0.208. The number of rotatable bonds is 8. The third-order valence-corrected chi connectivity index (χ3v) is 6.77. The Bertz CT molecular complexity index is 795. The predicted molar refractivity (Wildman–Crippen MR) is 108 cm³/mol. The molecule has 1 aliphatic rings. The molecule has 0 saturated carbocycles. The fourth-order valence-corrected chi connectivity index (χ4v) is 4.81. The lowest BCUT2D eigenvalue weighted by Crippen LogP contribution is -2.43. The van der Waals surface area contributed by atoms with Gasteiger partial charge in [0.2, 0.25) is 15.9 Å². The van der Waals surface area contributed by atoms with Gasteiger partial charge in [-0.1, -0.05) is 6.07 Å². The van der Waals surface area contributed by atoms with Crippen LogP contribution in [0.15, 0.2) is 23.1 Å². The summed E-state index contributed by atoms with van der Waals surface area (Å²) in [6, 6.07) is 3.83. The zero-order chi connectivity index (χ0) is 20.0. The second-order valence-corrected chi connectivity index (χ2v) is 8.54. The molecule has 1 aromatic carbocycles. The number of aryl methyl sites for hydroxylation is 1. The van der Waals surface area contributed by atoms with Gasteiger partial charge in [0, 0.05) is 37.7 Å². The van der Waals surface area contributed by atoms with E-state index in [1.54, 1.807) is 6.92 Å². The number of hydrogen-bond donors (Lipinski definition) is 2. The molecule has 0 atom stereocenters. The van der Waals surface area contributed by atoms with Crippen molar-refractivity contribution in [2.75, 3.05) is 33.2 Å². The fraction of sp³-hybridized carbons (Fsp3) is 0.588. The second kappa shape index (κ2) is 10.7. The number of benzene rings is 1. The molecule has 158 valence electrons. The van der Waals surface area contributed by atoms with E-state index in [4.69, 9.17) is 0 Å². The summed E-state index contributed by atoms with van der Waals surface area (Å²) in [5.74, 6) is -0.257. The minimum absolute atomic E-state index is 0. The van der Waals surface area contributed by atoms with E-state index in [2.05, 4.69) is 10.6 Å². The molecule has 1 fully saturated rings. The van der Waals surface area contributed by atoms with Crippen LogP contribution in [0.2, 0.25) is 0 Å². The Hall–Kier alpha value is -1.75. The molecule has 11 heteroatoms. The molecule has 1 heterocycles. The van der Waals surface area contributed by atoms with Crippen LogP contribution in [0.25, 0.3) is 0 Å². The van der Waals surface area contributed by atoms with Crippen molar-refractivity contribution >= 4 is 34.0 Å². The molecule has 9 nitrogen and oxygen atoms in total. The molecule has 0 radical (unpaired) electrons. The minimum atomic E-state index is -3.83. The molecule has 1 amide bonds. The molecule has 1 aromatic rings. The van der Waals surface area contributed by atoms with Gasteiger partial charge in [0.25, 0.3) is 5.69 Å². The van der Waals surface area contributed by atoms with E-state index in [1.807, 2.05) is 7.05 Å². The summed E-state index contributed by atoms with van der Waals surface area (Å²) in [6.07, 6.45) is 1.71. The Morgan fingerprint density at radius 2 is 1.93 bits per heavy atom. The van der Waals surface area contributed by atoms with E-state index >= 15 is 0 Å². The van der Waals surface area contributed by atoms with Crippen LogP contribution in [-0.4, -0.2) is 56.8 Å². The Balaban J connectivity index is 0.00000392. The van der Waals surface area contributed by atoms with Gasteiger partial charge in [0.05, 0.1) is 9.82 Å². The summed E-state index contributed by atoms with van der Waals surface area (Å²) >= 11 is 0. The Morgan fingerprint density at radius 1 is 1.29 bits per heavy atom. The highest BCUT2D eigenvalue weighted by Crippen LogP contribution is 2.28.